The van der Waals surface area contributed by atoms with Crippen LogP contribution in [0.25, 0.3) is 5.82 Å². The maximum absolute atomic E-state index is 14.2. The molecule has 0 aliphatic heterocycles. The Bertz CT molecular complexity index is 869. The SMILES string of the molecule is CCN(C(=O)c1ccnc(-n2cncn2)c1)c1ccc(Cl)cc1F. The molecule has 0 saturated heterocycles. The van der Waals surface area contributed by atoms with E-state index in [0.29, 0.717) is 17.9 Å². The number of amides is 1. The molecule has 122 valence electrons. The van der Waals surface area contributed by atoms with Gasteiger partial charge in [0, 0.05) is 23.3 Å². The summed E-state index contributed by atoms with van der Waals surface area (Å²) in [6.07, 6.45) is 4.35. The Kier molecular flexibility index (Phi) is 4.52. The van der Waals surface area contributed by atoms with E-state index < -0.39 is 5.82 Å². The van der Waals surface area contributed by atoms with Crippen LogP contribution in [0.1, 0.15) is 17.3 Å². The maximum atomic E-state index is 14.2. The van der Waals surface area contributed by atoms with Crippen molar-refractivity contribution in [1.29, 1.82) is 0 Å². The lowest BCUT2D eigenvalue weighted by Gasteiger charge is -2.22. The lowest BCUT2D eigenvalue weighted by atomic mass is 10.2. The van der Waals surface area contributed by atoms with Gasteiger partial charge in [-0.2, -0.15) is 5.10 Å². The van der Waals surface area contributed by atoms with Gasteiger partial charge in [0.1, 0.15) is 18.5 Å². The molecule has 0 spiro atoms. The van der Waals surface area contributed by atoms with Gasteiger partial charge in [-0.05, 0) is 37.3 Å². The summed E-state index contributed by atoms with van der Waals surface area (Å²) in [5, 5.41) is 4.25. The average Bonchev–Trinajstić information content (AvgIpc) is 3.12. The lowest BCUT2D eigenvalue weighted by Crippen LogP contribution is -2.31. The summed E-state index contributed by atoms with van der Waals surface area (Å²) in [5.41, 5.74) is 0.540. The van der Waals surface area contributed by atoms with E-state index in [9.17, 15) is 9.18 Å². The van der Waals surface area contributed by atoms with Crippen molar-refractivity contribution in [3.63, 3.8) is 0 Å². The number of aromatic nitrogens is 4. The summed E-state index contributed by atoms with van der Waals surface area (Å²) in [6.45, 7) is 2.07. The third-order valence-corrected chi connectivity index (χ3v) is 3.64. The maximum Gasteiger partial charge on any atom is 0.258 e. The lowest BCUT2D eigenvalue weighted by molar-refractivity contribution is 0.0987. The zero-order valence-electron chi connectivity index (χ0n) is 12.7. The quantitative estimate of drug-likeness (QED) is 0.728. The number of halogens is 2. The van der Waals surface area contributed by atoms with Crippen LogP contribution in [0.2, 0.25) is 5.02 Å². The molecule has 24 heavy (non-hydrogen) atoms. The molecule has 0 saturated carbocycles. The van der Waals surface area contributed by atoms with Crippen LogP contribution in [0.3, 0.4) is 0 Å². The number of carbonyl (C=O) groups is 1. The van der Waals surface area contributed by atoms with Crippen molar-refractivity contribution in [3.05, 3.63) is 65.6 Å². The summed E-state index contributed by atoms with van der Waals surface area (Å²) in [4.78, 5) is 22.1. The van der Waals surface area contributed by atoms with Crippen LogP contribution >= 0.6 is 11.6 Å². The van der Waals surface area contributed by atoms with Gasteiger partial charge in [0.25, 0.3) is 5.91 Å². The van der Waals surface area contributed by atoms with Crippen molar-refractivity contribution in [1.82, 2.24) is 19.7 Å². The fourth-order valence-corrected chi connectivity index (χ4v) is 2.44. The first-order valence-electron chi connectivity index (χ1n) is 7.18. The molecule has 8 heteroatoms. The number of nitrogens with zero attached hydrogens (tertiary/aromatic N) is 5. The van der Waals surface area contributed by atoms with Gasteiger partial charge < -0.3 is 4.90 Å². The molecular formula is C16H13ClFN5O. The molecular weight excluding hydrogens is 333 g/mol. The van der Waals surface area contributed by atoms with Crippen molar-refractivity contribution in [2.24, 2.45) is 0 Å². The van der Waals surface area contributed by atoms with Gasteiger partial charge >= 0.3 is 0 Å². The Morgan fingerprint density at radius 1 is 1.33 bits per heavy atom. The van der Waals surface area contributed by atoms with E-state index in [1.165, 1.54) is 40.6 Å². The van der Waals surface area contributed by atoms with Crippen LogP contribution in [-0.2, 0) is 0 Å². The monoisotopic (exact) mass is 345 g/mol. The van der Waals surface area contributed by atoms with Gasteiger partial charge in [-0.25, -0.2) is 19.0 Å². The van der Waals surface area contributed by atoms with E-state index in [0.717, 1.165) is 0 Å². The first-order chi connectivity index (χ1) is 11.6. The molecule has 1 amide bonds. The van der Waals surface area contributed by atoms with E-state index in [-0.39, 0.29) is 16.6 Å². The predicted octanol–water partition coefficient (Wildman–Crippen LogP) is 3.12. The molecule has 1 aromatic carbocycles. The third kappa shape index (κ3) is 3.11. The van der Waals surface area contributed by atoms with Crippen LogP contribution in [0.5, 0.6) is 0 Å². The van der Waals surface area contributed by atoms with Crippen molar-refractivity contribution in [2.45, 2.75) is 6.92 Å². The zero-order chi connectivity index (χ0) is 17.1. The molecule has 0 unspecified atom stereocenters. The smallest absolute Gasteiger partial charge is 0.258 e. The minimum atomic E-state index is -0.553. The highest BCUT2D eigenvalue weighted by Crippen LogP contribution is 2.24. The van der Waals surface area contributed by atoms with Crippen LogP contribution in [-0.4, -0.2) is 32.2 Å². The van der Waals surface area contributed by atoms with Crippen molar-refractivity contribution in [3.8, 4) is 5.82 Å². The van der Waals surface area contributed by atoms with Crippen LogP contribution in [0.4, 0.5) is 10.1 Å². The van der Waals surface area contributed by atoms with Crippen molar-refractivity contribution in [2.75, 3.05) is 11.4 Å². The summed E-state index contributed by atoms with van der Waals surface area (Å²) < 4.78 is 15.6. The predicted molar refractivity (Wildman–Crippen MR) is 87.9 cm³/mol. The van der Waals surface area contributed by atoms with Gasteiger partial charge in [0.15, 0.2) is 5.82 Å². The Morgan fingerprint density at radius 3 is 2.83 bits per heavy atom. The Hall–Kier alpha value is -2.80. The fourth-order valence-electron chi connectivity index (χ4n) is 2.28. The number of hydrogen-bond acceptors (Lipinski definition) is 4. The number of hydrogen-bond donors (Lipinski definition) is 0. The van der Waals surface area contributed by atoms with Gasteiger partial charge in [-0.1, -0.05) is 11.6 Å². The second-order valence-electron chi connectivity index (χ2n) is 4.89. The molecule has 6 nitrogen and oxygen atoms in total. The second kappa shape index (κ2) is 6.76. The Labute approximate surface area is 142 Å². The minimum Gasteiger partial charge on any atom is -0.306 e. The summed E-state index contributed by atoms with van der Waals surface area (Å²) >= 11 is 5.77. The van der Waals surface area contributed by atoms with Crippen LogP contribution < -0.4 is 4.90 Å². The minimum absolute atomic E-state index is 0.172. The molecule has 0 atom stereocenters. The average molecular weight is 346 g/mol. The normalized spacial score (nSPS) is 10.6. The fraction of sp³-hybridized carbons (Fsp3) is 0.125. The van der Waals surface area contributed by atoms with E-state index in [2.05, 4.69) is 15.1 Å². The number of pyridine rings is 1. The van der Waals surface area contributed by atoms with Gasteiger partial charge in [0.2, 0.25) is 0 Å². The molecule has 0 N–H and O–H groups in total. The molecule has 0 aliphatic carbocycles. The van der Waals surface area contributed by atoms with Crippen molar-refractivity contribution >= 4 is 23.2 Å². The number of benzene rings is 1. The first-order valence-corrected chi connectivity index (χ1v) is 7.56. The molecule has 2 heterocycles. The van der Waals surface area contributed by atoms with Crippen LogP contribution in [0, 0.1) is 5.82 Å². The highest BCUT2D eigenvalue weighted by atomic mass is 35.5. The standard InChI is InChI=1S/C16H13ClFN5O/c1-2-22(14-4-3-12(17)8-13(14)18)16(24)11-5-6-20-15(7-11)23-10-19-9-21-23/h3-10H,2H2,1H3. The molecule has 3 rings (SSSR count). The first kappa shape index (κ1) is 16.1. The van der Waals surface area contributed by atoms with E-state index >= 15 is 0 Å². The topological polar surface area (TPSA) is 63.9 Å². The molecule has 3 aromatic rings. The van der Waals surface area contributed by atoms with E-state index in [4.69, 9.17) is 11.6 Å². The van der Waals surface area contributed by atoms with E-state index in [1.807, 2.05) is 0 Å². The molecule has 0 radical (unpaired) electrons. The van der Waals surface area contributed by atoms with Gasteiger partial charge in [-0.3, -0.25) is 4.79 Å². The summed E-state index contributed by atoms with van der Waals surface area (Å²) in [6, 6.07) is 7.36. The zero-order valence-corrected chi connectivity index (χ0v) is 13.5. The van der Waals surface area contributed by atoms with Crippen LogP contribution in [0.15, 0.2) is 49.2 Å². The third-order valence-electron chi connectivity index (χ3n) is 3.41. The number of anilines is 1. The largest absolute Gasteiger partial charge is 0.306 e. The van der Waals surface area contributed by atoms with Crippen molar-refractivity contribution < 1.29 is 9.18 Å². The Balaban J connectivity index is 1.96. The van der Waals surface area contributed by atoms with Gasteiger partial charge in [-0.15, -0.1) is 0 Å². The highest BCUT2D eigenvalue weighted by molar-refractivity contribution is 6.30. The molecule has 0 bridgehead atoms. The Morgan fingerprint density at radius 2 is 2.17 bits per heavy atom. The molecule has 0 fully saturated rings. The number of rotatable bonds is 4. The molecule has 2 aromatic heterocycles. The highest BCUT2D eigenvalue weighted by Gasteiger charge is 2.20. The molecule has 0 aliphatic rings. The number of carbonyl (C=O) groups excluding carboxylic acids is 1. The summed E-state index contributed by atoms with van der Waals surface area (Å²) in [5.74, 6) is -0.447. The van der Waals surface area contributed by atoms with Gasteiger partial charge in [0.05, 0.1) is 5.69 Å². The summed E-state index contributed by atoms with van der Waals surface area (Å²) in [7, 11) is 0. The second-order valence-corrected chi connectivity index (χ2v) is 5.32. The van der Waals surface area contributed by atoms with E-state index in [1.54, 1.807) is 25.1 Å².